The van der Waals surface area contributed by atoms with Gasteiger partial charge in [-0.3, -0.25) is 24.1 Å². The summed E-state index contributed by atoms with van der Waals surface area (Å²) in [6.45, 7) is 3.08. The van der Waals surface area contributed by atoms with Crippen molar-refractivity contribution >= 4 is 157 Å². The van der Waals surface area contributed by atoms with E-state index in [1.165, 1.54) is 39.2 Å². The maximum Gasteiger partial charge on any atom is 0.263 e. The summed E-state index contributed by atoms with van der Waals surface area (Å²) in [5, 5.41) is 15.8. The molecule has 0 bridgehead atoms. The molecule has 0 saturated carbocycles. The Labute approximate surface area is 454 Å². The van der Waals surface area contributed by atoms with Crippen molar-refractivity contribution in [3.63, 3.8) is 0 Å². The van der Waals surface area contributed by atoms with Gasteiger partial charge in [-0.1, -0.05) is 71.2 Å². The number of nitrogens with zero attached hydrogens (tertiary/aromatic N) is 3. The highest BCUT2D eigenvalue weighted by Gasteiger charge is 2.30. The first-order valence-electron chi connectivity index (χ1n) is 21.4. The van der Waals surface area contributed by atoms with Crippen LogP contribution in [0.15, 0.2) is 155 Å². The number of carbonyl (C=O) groups is 3. The zero-order chi connectivity index (χ0) is 51.9. The van der Waals surface area contributed by atoms with Crippen molar-refractivity contribution in [2.45, 2.75) is 4.90 Å². The van der Waals surface area contributed by atoms with Crippen LogP contribution in [0.1, 0.15) is 36.6 Å². The van der Waals surface area contributed by atoms with Gasteiger partial charge in [-0.25, -0.2) is 8.42 Å². The first kappa shape index (κ1) is 57.3. The Hall–Kier alpha value is -5.57. The van der Waals surface area contributed by atoms with Crippen LogP contribution in [0.25, 0.3) is 20.2 Å². The van der Waals surface area contributed by atoms with E-state index in [0.29, 0.717) is 62.8 Å². The molecule has 9 rings (SSSR count). The number of fused-ring (bicyclic) bond motifs is 3. The Morgan fingerprint density at radius 3 is 1.50 bits per heavy atom. The van der Waals surface area contributed by atoms with Gasteiger partial charge in [-0.05, 0) is 144 Å². The monoisotopic (exact) mass is 1150 g/mol. The highest BCUT2D eigenvalue weighted by molar-refractivity contribution is 7.90. The van der Waals surface area contributed by atoms with E-state index in [-0.39, 0.29) is 35.1 Å². The van der Waals surface area contributed by atoms with Crippen LogP contribution >= 0.6 is 92.7 Å². The molecular formula is C49H45Cl6N9O5S3. The second-order valence-corrected chi connectivity index (χ2v) is 20.2. The summed E-state index contributed by atoms with van der Waals surface area (Å²) in [6.07, 6.45) is 0. The van der Waals surface area contributed by atoms with Crippen LogP contribution in [0.4, 0.5) is 11.6 Å². The minimum absolute atomic E-state index is 0.110. The fraction of sp³-hybridized carbons (Fsp3) is 0.143. The number of halogens is 6. The number of amides is 2. The molecule has 3 heterocycles. The number of amidine groups is 1. The van der Waals surface area contributed by atoms with Gasteiger partial charge >= 0.3 is 0 Å². The number of sulfonamides is 1. The van der Waals surface area contributed by atoms with Crippen LogP contribution in [0.5, 0.6) is 0 Å². The quantitative estimate of drug-likeness (QED) is 0.0365. The van der Waals surface area contributed by atoms with Gasteiger partial charge in [-0.15, -0.1) is 23.2 Å². The number of anilines is 2. The molecule has 0 atom stereocenters. The van der Waals surface area contributed by atoms with Crippen molar-refractivity contribution in [3.8, 4) is 0 Å². The SMILES string of the molecule is ClCCl.NCCNc1nsc2ccccc12.O=C(Cl)c1ccc(Cl)cc1.O=C(NCCN=C1NS(=O)(=O)c2ccccc21)c1ccc(Cl)cc1.O=C(NCCNc1nsc2ccccc12)c1ccc(Cl)cc1. The van der Waals surface area contributed by atoms with Gasteiger partial charge in [0.2, 0.25) is 0 Å². The van der Waals surface area contributed by atoms with E-state index in [2.05, 4.69) is 51.9 Å². The lowest BCUT2D eigenvalue weighted by molar-refractivity contribution is 0.0947. The van der Waals surface area contributed by atoms with Crippen LogP contribution in [0.3, 0.4) is 0 Å². The number of aromatic nitrogens is 2. The average molecular weight is 1150 g/mol. The highest BCUT2D eigenvalue weighted by Crippen LogP contribution is 2.27. The Kier molecular flexibility index (Phi) is 23.7. The van der Waals surface area contributed by atoms with Crippen molar-refractivity contribution in [3.05, 3.63) is 183 Å². The first-order valence-corrected chi connectivity index (χ1v) is 27.0. The second-order valence-electron chi connectivity index (χ2n) is 14.4. The summed E-state index contributed by atoms with van der Waals surface area (Å²) in [5.41, 5.74) is 7.51. The van der Waals surface area contributed by atoms with Gasteiger partial charge in [0, 0.05) is 80.8 Å². The number of aliphatic imine (C=N–C) groups is 1. The van der Waals surface area contributed by atoms with E-state index >= 15 is 0 Å². The summed E-state index contributed by atoms with van der Waals surface area (Å²) in [7, 11) is -3.54. The third-order valence-corrected chi connectivity index (χ3v) is 13.5. The Morgan fingerprint density at radius 1 is 0.583 bits per heavy atom. The topological polar surface area (TPSA) is 210 Å². The average Bonchev–Trinajstić information content (AvgIpc) is 4.08. The second kappa shape index (κ2) is 29.8. The van der Waals surface area contributed by atoms with Gasteiger partial charge in [0.05, 0.1) is 26.2 Å². The van der Waals surface area contributed by atoms with Crippen LogP contribution in [-0.4, -0.2) is 84.7 Å². The minimum Gasteiger partial charge on any atom is -0.367 e. The Balaban J connectivity index is 0.000000184. The van der Waals surface area contributed by atoms with Crippen molar-refractivity contribution < 1.29 is 22.8 Å². The molecule has 7 N–H and O–H groups in total. The molecule has 2 amide bonds. The zero-order valence-electron chi connectivity index (χ0n) is 37.8. The van der Waals surface area contributed by atoms with E-state index < -0.39 is 15.3 Å². The van der Waals surface area contributed by atoms with Crippen molar-refractivity contribution in [1.29, 1.82) is 0 Å². The molecule has 0 unspecified atom stereocenters. The van der Waals surface area contributed by atoms with Gasteiger partial charge in [-0.2, -0.15) is 8.75 Å². The lowest BCUT2D eigenvalue weighted by atomic mass is 10.2. The van der Waals surface area contributed by atoms with Gasteiger partial charge < -0.3 is 27.0 Å². The number of carbonyl (C=O) groups excluding carboxylic acids is 3. The smallest absolute Gasteiger partial charge is 0.263 e. The molecule has 8 aromatic rings. The molecule has 1 aliphatic rings. The van der Waals surface area contributed by atoms with E-state index in [1.54, 1.807) is 91.0 Å². The fourth-order valence-corrected chi connectivity index (χ4v) is 9.42. The standard InChI is InChI=1S/C16H14ClN3O3S.C16H14ClN3OS.C9H11N3S.C7H4Cl2O.CH2Cl2/c17-12-7-5-11(6-8-12)16(21)19-10-9-18-15-13-3-1-2-4-14(13)24(22,23)20-15;17-12-7-5-11(6-8-12)16(21)19-10-9-18-15-13-3-1-2-4-14(13)22-20-15;10-5-6-11-9-7-3-1-2-4-8(7)13-12-9;8-6-3-1-5(2-4-6)7(9)10;2-1-3/h1-8H,9-10H2,(H,18,20)(H,19,21);1-8H,9-10H2,(H,18,20)(H,19,21);1-4H,5-6,10H2,(H,11,12);1-4H;1H2. The van der Waals surface area contributed by atoms with Crippen molar-refractivity contribution in [1.82, 2.24) is 24.1 Å². The molecule has 6 aromatic carbocycles. The third-order valence-electron chi connectivity index (χ3n) is 9.51. The maximum absolute atomic E-state index is 11.9. The largest absolute Gasteiger partial charge is 0.367 e. The molecule has 2 aromatic heterocycles. The number of rotatable bonds is 13. The molecular weight excluding hydrogens is 1100 g/mol. The summed E-state index contributed by atoms with van der Waals surface area (Å²) in [4.78, 5) is 38.8. The lowest BCUT2D eigenvalue weighted by Crippen LogP contribution is -2.28. The predicted molar refractivity (Wildman–Crippen MR) is 299 cm³/mol. The molecule has 23 heteroatoms. The van der Waals surface area contributed by atoms with Gasteiger partial charge in [0.1, 0.15) is 17.5 Å². The maximum atomic E-state index is 11.9. The summed E-state index contributed by atoms with van der Waals surface area (Å²) < 4.78 is 37.4. The number of hydrogen-bond donors (Lipinski definition) is 6. The zero-order valence-corrected chi connectivity index (χ0v) is 44.7. The minimum atomic E-state index is -3.54. The van der Waals surface area contributed by atoms with Crippen LogP contribution in [-0.2, 0) is 10.0 Å². The number of nitrogens with one attached hydrogen (secondary N) is 5. The van der Waals surface area contributed by atoms with Gasteiger partial charge in [0.15, 0.2) is 0 Å². The van der Waals surface area contributed by atoms with Crippen molar-refractivity contribution in [2.24, 2.45) is 10.7 Å². The molecule has 1 aliphatic heterocycles. The Bertz CT molecular complexity index is 3160. The third kappa shape index (κ3) is 17.9. The van der Waals surface area contributed by atoms with Crippen LogP contribution < -0.4 is 31.7 Å². The van der Waals surface area contributed by atoms with Crippen LogP contribution in [0, 0.1) is 0 Å². The molecule has 14 nitrogen and oxygen atoms in total. The molecule has 376 valence electrons. The molecule has 0 saturated heterocycles. The first-order chi connectivity index (χ1) is 34.7. The number of alkyl halides is 2. The number of benzene rings is 6. The van der Waals surface area contributed by atoms with Crippen LogP contribution in [0.2, 0.25) is 15.1 Å². The summed E-state index contributed by atoms with van der Waals surface area (Å²) >= 11 is 34.8. The fourth-order valence-electron chi connectivity index (χ4n) is 6.15. The molecule has 0 aliphatic carbocycles. The van der Waals surface area contributed by atoms with E-state index in [0.717, 1.165) is 28.3 Å². The molecule has 0 spiro atoms. The van der Waals surface area contributed by atoms with E-state index in [9.17, 15) is 22.8 Å². The predicted octanol–water partition coefficient (Wildman–Crippen LogP) is 11.4. The number of nitrogens with two attached hydrogens (primary N) is 1. The number of hydrogen-bond acceptors (Lipinski definition) is 13. The summed E-state index contributed by atoms with van der Waals surface area (Å²) in [5.74, 6) is 1.76. The normalized spacial score (nSPS) is 12.2. The van der Waals surface area contributed by atoms with E-state index in [4.69, 9.17) is 75.3 Å². The highest BCUT2D eigenvalue weighted by atomic mass is 35.5. The van der Waals surface area contributed by atoms with Crippen molar-refractivity contribution in [2.75, 3.05) is 55.2 Å². The van der Waals surface area contributed by atoms with E-state index in [1.807, 2.05) is 36.4 Å². The summed E-state index contributed by atoms with van der Waals surface area (Å²) in [6, 6.07) is 42.6. The Morgan fingerprint density at radius 2 is 1.01 bits per heavy atom. The molecule has 0 radical (unpaired) electrons. The lowest BCUT2D eigenvalue weighted by Gasteiger charge is -2.06. The van der Waals surface area contributed by atoms with Gasteiger partial charge in [0.25, 0.3) is 27.1 Å². The molecule has 72 heavy (non-hydrogen) atoms. The molecule has 0 fully saturated rings.